The van der Waals surface area contributed by atoms with Crippen molar-refractivity contribution in [1.82, 2.24) is 14.5 Å². The van der Waals surface area contributed by atoms with Gasteiger partial charge in [0.05, 0.1) is 25.6 Å². The zero-order valence-electron chi connectivity index (χ0n) is 12.0. The van der Waals surface area contributed by atoms with E-state index in [0.29, 0.717) is 18.8 Å². The molecule has 0 saturated heterocycles. The van der Waals surface area contributed by atoms with Crippen LogP contribution in [0, 0.1) is 0 Å². The van der Waals surface area contributed by atoms with Crippen molar-refractivity contribution in [3.05, 3.63) is 24.2 Å². The molecule has 1 aromatic rings. The van der Waals surface area contributed by atoms with E-state index in [1.807, 2.05) is 19.0 Å². The van der Waals surface area contributed by atoms with Crippen molar-refractivity contribution < 1.29 is 17.6 Å². The zero-order chi connectivity index (χ0) is 15.2. The van der Waals surface area contributed by atoms with Gasteiger partial charge in [-0.3, -0.25) is 4.79 Å². The van der Waals surface area contributed by atoms with Gasteiger partial charge in [-0.25, -0.2) is 8.42 Å². The highest BCUT2D eigenvalue weighted by Gasteiger charge is 2.21. The van der Waals surface area contributed by atoms with Crippen molar-refractivity contribution in [2.45, 2.75) is 6.54 Å². The average Bonchev–Trinajstić information content (AvgIpc) is 2.79. The molecule has 0 aliphatic rings. The van der Waals surface area contributed by atoms with E-state index in [1.54, 1.807) is 12.1 Å². The average molecular weight is 303 g/mol. The second kappa shape index (κ2) is 7.41. The van der Waals surface area contributed by atoms with Crippen LogP contribution < -0.4 is 5.32 Å². The van der Waals surface area contributed by atoms with Gasteiger partial charge in [0, 0.05) is 13.1 Å². The van der Waals surface area contributed by atoms with Crippen LogP contribution in [0.15, 0.2) is 22.8 Å². The van der Waals surface area contributed by atoms with Crippen LogP contribution in [0.25, 0.3) is 0 Å². The fourth-order valence-corrected chi connectivity index (χ4v) is 2.22. The molecule has 1 N–H and O–H groups in total. The number of nitrogens with zero attached hydrogens (tertiary/aromatic N) is 2. The predicted molar refractivity (Wildman–Crippen MR) is 75.5 cm³/mol. The van der Waals surface area contributed by atoms with Gasteiger partial charge in [0.15, 0.2) is 0 Å². The van der Waals surface area contributed by atoms with Crippen molar-refractivity contribution in [3.8, 4) is 0 Å². The molecular weight excluding hydrogens is 282 g/mol. The molecule has 1 amide bonds. The summed E-state index contributed by atoms with van der Waals surface area (Å²) >= 11 is 0. The second-order valence-electron chi connectivity index (χ2n) is 4.76. The van der Waals surface area contributed by atoms with Gasteiger partial charge in [0.2, 0.25) is 15.9 Å². The molecule has 114 valence electrons. The maximum Gasteiger partial charge on any atom is 0.235 e. The van der Waals surface area contributed by atoms with Gasteiger partial charge < -0.3 is 14.6 Å². The minimum atomic E-state index is -3.48. The topological polar surface area (TPSA) is 82.9 Å². The molecular formula is C12H21N3O4S. The summed E-state index contributed by atoms with van der Waals surface area (Å²) in [7, 11) is 0.314. The summed E-state index contributed by atoms with van der Waals surface area (Å²) in [5.74, 6) is 0.167. The summed E-state index contributed by atoms with van der Waals surface area (Å²) < 4.78 is 29.5. The van der Waals surface area contributed by atoms with Crippen LogP contribution in [0.5, 0.6) is 0 Å². The van der Waals surface area contributed by atoms with E-state index in [1.165, 1.54) is 6.26 Å². The van der Waals surface area contributed by atoms with Crippen molar-refractivity contribution >= 4 is 15.9 Å². The molecule has 0 bridgehead atoms. The van der Waals surface area contributed by atoms with Crippen LogP contribution in [0.1, 0.15) is 5.76 Å². The Morgan fingerprint density at radius 2 is 2.10 bits per heavy atom. The van der Waals surface area contributed by atoms with Gasteiger partial charge in [-0.05, 0) is 26.2 Å². The Labute approximate surface area is 119 Å². The maximum atomic E-state index is 11.7. The highest BCUT2D eigenvalue weighted by atomic mass is 32.2. The lowest BCUT2D eigenvalue weighted by atomic mass is 10.4. The van der Waals surface area contributed by atoms with E-state index < -0.39 is 10.0 Å². The molecule has 20 heavy (non-hydrogen) atoms. The molecule has 0 atom stereocenters. The molecule has 1 aromatic heterocycles. The number of furan rings is 1. The Morgan fingerprint density at radius 1 is 1.40 bits per heavy atom. The van der Waals surface area contributed by atoms with Gasteiger partial charge >= 0.3 is 0 Å². The number of rotatable bonds is 8. The highest BCUT2D eigenvalue weighted by molar-refractivity contribution is 7.88. The lowest BCUT2D eigenvalue weighted by Crippen LogP contribution is -2.41. The largest absolute Gasteiger partial charge is 0.468 e. The Hall–Kier alpha value is -1.38. The lowest BCUT2D eigenvalue weighted by molar-refractivity contribution is -0.121. The lowest BCUT2D eigenvalue weighted by Gasteiger charge is -2.18. The van der Waals surface area contributed by atoms with E-state index in [-0.39, 0.29) is 19.0 Å². The minimum absolute atomic E-state index is 0.0485. The number of carbonyl (C=O) groups excluding carboxylic acids is 1. The molecule has 0 aromatic carbocycles. The van der Waals surface area contributed by atoms with E-state index in [0.717, 1.165) is 10.6 Å². The smallest absolute Gasteiger partial charge is 0.235 e. The molecule has 1 heterocycles. The van der Waals surface area contributed by atoms with Crippen LogP contribution in [-0.2, 0) is 21.4 Å². The summed E-state index contributed by atoms with van der Waals surface area (Å²) in [4.78, 5) is 13.7. The van der Waals surface area contributed by atoms with E-state index >= 15 is 0 Å². The summed E-state index contributed by atoms with van der Waals surface area (Å²) in [6.45, 7) is 1.01. The molecule has 8 heteroatoms. The van der Waals surface area contributed by atoms with Crippen LogP contribution in [0.3, 0.4) is 0 Å². The molecule has 0 fully saturated rings. The zero-order valence-corrected chi connectivity index (χ0v) is 12.8. The number of nitrogens with one attached hydrogen (secondary N) is 1. The van der Waals surface area contributed by atoms with Crippen molar-refractivity contribution in [2.75, 3.05) is 40.0 Å². The summed E-state index contributed by atoms with van der Waals surface area (Å²) in [5.41, 5.74) is 0. The van der Waals surface area contributed by atoms with Crippen LogP contribution in [-0.4, -0.2) is 63.5 Å². The molecule has 7 nitrogen and oxygen atoms in total. The molecule has 1 rings (SSSR count). The monoisotopic (exact) mass is 303 g/mol. The van der Waals surface area contributed by atoms with Crippen molar-refractivity contribution in [2.24, 2.45) is 0 Å². The Balaban J connectivity index is 2.55. The molecule has 0 unspecified atom stereocenters. The van der Waals surface area contributed by atoms with Crippen LogP contribution in [0.4, 0.5) is 0 Å². The van der Waals surface area contributed by atoms with Gasteiger partial charge in [-0.15, -0.1) is 0 Å². The van der Waals surface area contributed by atoms with Crippen molar-refractivity contribution in [1.29, 1.82) is 0 Å². The number of likely N-dealkylation sites (N-methyl/N-ethyl adjacent to an activating group) is 1. The number of sulfonamides is 1. The SMILES string of the molecule is CN(C)CCNC(=O)CN(Cc1ccco1)S(C)(=O)=O. The fraction of sp³-hybridized carbons (Fsp3) is 0.583. The molecule has 0 aliphatic heterocycles. The first-order chi connectivity index (χ1) is 9.29. The molecule has 0 aliphatic carbocycles. The predicted octanol–water partition coefficient (Wildman–Crippen LogP) is -0.281. The summed E-state index contributed by atoms with van der Waals surface area (Å²) in [6.07, 6.45) is 2.54. The first-order valence-corrected chi connectivity index (χ1v) is 8.03. The fourth-order valence-electron chi connectivity index (χ4n) is 1.50. The summed E-state index contributed by atoms with van der Waals surface area (Å²) in [6, 6.07) is 3.34. The quantitative estimate of drug-likeness (QED) is 0.714. The highest BCUT2D eigenvalue weighted by Crippen LogP contribution is 2.08. The Kier molecular flexibility index (Phi) is 6.18. The third-order valence-corrected chi connectivity index (χ3v) is 3.78. The van der Waals surface area contributed by atoms with Crippen molar-refractivity contribution in [3.63, 3.8) is 0 Å². The maximum absolute atomic E-state index is 11.7. The van der Waals surface area contributed by atoms with Gasteiger partial charge in [0.1, 0.15) is 5.76 Å². The third kappa shape index (κ3) is 6.18. The first-order valence-electron chi connectivity index (χ1n) is 6.18. The van der Waals surface area contributed by atoms with Gasteiger partial charge in [-0.1, -0.05) is 0 Å². The van der Waals surface area contributed by atoms with Crippen LogP contribution >= 0.6 is 0 Å². The molecule has 0 radical (unpaired) electrons. The normalized spacial score (nSPS) is 12.1. The third-order valence-electron chi connectivity index (χ3n) is 2.58. The minimum Gasteiger partial charge on any atom is -0.468 e. The van der Waals surface area contributed by atoms with E-state index in [2.05, 4.69) is 5.32 Å². The number of amides is 1. The number of hydrogen-bond acceptors (Lipinski definition) is 5. The summed E-state index contributed by atoms with van der Waals surface area (Å²) in [5, 5.41) is 2.68. The van der Waals surface area contributed by atoms with E-state index in [9.17, 15) is 13.2 Å². The Morgan fingerprint density at radius 3 is 2.60 bits per heavy atom. The van der Waals surface area contributed by atoms with Crippen LogP contribution in [0.2, 0.25) is 0 Å². The Bertz CT molecular complexity index is 511. The number of hydrogen-bond donors (Lipinski definition) is 1. The number of carbonyl (C=O) groups is 1. The molecule has 0 spiro atoms. The standard InChI is InChI=1S/C12H21N3O4S/c1-14(2)7-6-13-12(16)10-15(20(3,17)18)9-11-5-4-8-19-11/h4-5,8H,6-7,9-10H2,1-3H3,(H,13,16). The van der Waals surface area contributed by atoms with Gasteiger partial charge in [-0.2, -0.15) is 4.31 Å². The van der Waals surface area contributed by atoms with E-state index in [4.69, 9.17) is 4.42 Å². The van der Waals surface area contributed by atoms with Gasteiger partial charge in [0.25, 0.3) is 0 Å². The second-order valence-corrected chi connectivity index (χ2v) is 6.75. The molecule has 0 saturated carbocycles. The first kappa shape index (κ1) is 16.7.